The topological polar surface area (TPSA) is 55.6 Å². The van der Waals surface area contributed by atoms with E-state index >= 15 is 0 Å². The summed E-state index contributed by atoms with van der Waals surface area (Å²) in [5.74, 6) is 0.641. The number of carbonyl (C=O) groups excluding carboxylic acids is 1. The molecule has 0 spiro atoms. The van der Waals surface area contributed by atoms with Crippen molar-refractivity contribution in [2.24, 2.45) is 5.73 Å². The van der Waals surface area contributed by atoms with Crippen molar-refractivity contribution >= 4 is 5.91 Å². The first-order valence-electron chi connectivity index (χ1n) is 5.83. The largest absolute Gasteiger partial charge is 0.493 e. The first-order valence-corrected chi connectivity index (χ1v) is 5.83. The second kappa shape index (κ2) is 4.37. The molecule has 1 aromatic carbocycles. The van der Waals surface area contributed by atoms with Crippen LogP contribution < -0.4 is 10.5 Å². The molecule has 1 amide bonds. The molecule has 92 valence electrons. The maximum Gasteiger partial charge on any atom is 0.257 e. The average Bonchev–Trinajstić information content (AvgIpc) is 2.26. The van der Waals surface area contributed by atoms with E-state index in [2.05, 4.69) is 0 Å². The van der Waals surface area contributed by atoms with Gasteiger partial charge in [0.25, 0.3) is 5.91 Å². The molecule has 0 unspecified atom stereocenters. The molecule has 0 aliphatic carbocycles. The molecular formula is C13H18N2O2. The number of hydrogen-bond acceptors (Lipinski definition) is 3. The van der Waals surface area contributed by atoms with Crippen molar-refractivity contribution in [3.63, 3.8) is 0 Å². The fourth-order valence-corrected chi connectivity index (χ4v) is 2.06. The second-order valence-corrected chi connectivity index (χ2v) is 4.74. The average molecular weight is 234 g/mol. The third-order valence-corrected chi connectivity index (χ3v) is 2.81. The molecule has 2 rings (SSSR count). The minimum absolute atomic E-state index is 0.00280. The number of nitrogens with zero attached hydrogens (tertiary/aromatic N) is 1. The van der Waals surface area contributed by atoms with Gasteiger partial charge in [0.15, 0.2) is 0 Å². The Hall–Kier alpha value is -1.55. The predicted octanol–water partition coefficient (Wildman–Crippen LogP) is 1.26. The molecule has 1 heterocycles. The van der Waals surface area contributed by atoms with Gasteiger partial charge in [0.2, 0.25) is 0 Å². The van der Waals surface area contributed by atoms with Gasteiger partial charge in [-0.25, -0.2) is 0 Å². The van der Waals surface area contributed by atoms with Gasteiger partial charge in [0, 0.05) is 18.6 Å². The Morgan fingerprint density at radius 3 is 2.71 bits per heavy atom. The normalized spacial score (nSPS) is 17.5. The number of amides is 1. The molecule has 2 N–H and O–H groups in total. The molecule has 0 bridgehead atoms. The number of ether oxygens (including phenoxy) is 1. The highest BCUT2D eigenvalue weighted by molar-refractivity contribution is 5.97. The summed E-state index contributed by atoms with van der Waals surface area (Å²) in [6.45, 7) is 5.62. The van der Waals surface area contributed by atoms with E-state index in [1.807, 2.05) is 32.0 Å². The Morgan fingerprint density at radius 2 is 2.12 bits per heavy atom. The van der Waals surface area contributed by atoms with Crippen LogP contribution in [0.15, 0.2) is 24.3 Å². The lowest BCUT2D eigenvalue weighted by Crippen LogP contribution is -2.66. The van der Waals surface area contributed by atoms with Gasteiger partial charge in [-0.2, -0.15) is 0 Å². The standard InChI is InChI=1S/C13H18N2O2/c1-3-17-11-7-5-4-6-10(11)12(16)15-8-13(2,14)9-15/h4-7H,3,8-9,14H2,1-2H3. The van der Waals surface area contributed by atoms with Gasteiger partial charge >= 0.3 is 0 Å². The van der Waals surface area contributed by atoms with Crippen molar-refractivity contribution < 1.29 is 9.53 Å². The fraction of sp³-hybridized carbons (Fsp3) is 0.462. The molecule has 1 saturated heterocycles. The molecule has 17 heavy (non-hydrogen) atoms. The number of benzene rings is 1. The second-order valence-electron chi connectivity index (χ2n) is 4.74. The fourth-order valence-electron chi connectivity index (χ4n) is 2.06. The van der Waals surface area contributed by atoms with Gasteiger partial charge in [0.05, 0.1) is 12.2 Å². The molecule has 0 saturated carbocycles. The van der Waals surface area contributed by atoms with E-state index in [9.17, 15) is 4.79 Å². The van der Waals surface area contributed by atoms with Crippen LogP contribution in [-0.4, -0.2) is 36.0 Å². The van der Waals surface area contributed by atoms with E-state index in [4.69, 9.17) is 10.5 Å². The zero-order valence-corrected chi connectivity index (χ0v) is 10.3. The molecule has 0 aromatic heterocycles. The minimum atomic E-state index is -0.240. The lowest BCUT2D eigenvalue weighted by atomic mass is 9.93. The molecular weight excluding hydrogens is 216 g/mol. The summed E-state index contributed by atoms with van der Waals surface area (Å²) in [6, 6.07) is 7.32. The molecule has 0 radical (unpaired) electrons. The Kier molecular flexibility index (Phi) is 3.07. The molecule has 1 aliphatic heterocycles. The van der Waals surface area contributed by atoms with Crippen molar-refractivity contribution in [1.29, 1.82) is 0 Å². The van der Waals surface area contributed by atoms with Gasteiger partial charge in [0.1, 0.15) is 5.75 Å². The predicted molar refractivity (Wildman–Crippen MR) is 66.1 cm³/mol. The zero-order valence-electron chi connectivity index (χ0n) is 10.3. The molecule has 1 aromatic rings. The summed E-state index contributed by atoms with van der Waals surface area (Å²) in [5, 5.41) is 0. The van der Waals surface area contributed by atoms with Crippen molar-refractivity contribution in [2.75, 3.05) is 19.7 Å². The summed E-state index contributed by atoms with van der Waals surface area (Å²) < 4.78 is 5.45. The van der Waals surface area contributed by atoms with Crippen LogP contribution in [0.1, 0.15) is 24.2 Å². The monoisotopic (exact) mass is 234 g/mol. The quantitative estimate of drug-likeness (QED) is 0.856. The van der Waals surface area contributed by atoms with Gasteiger partial charge in [-0.1, -0.05) is 12.1 Å². The molecule has 0 atom stereocenters. The Morgan fingerprint density at radius 1 is 1.47 bits per heavy atom. The summed E-state index contributed by atoms with van der Waals surface area (Å²) in [6.07, 6.45) is 0. The smallest absolute Gasteiger partial charge is 0.257 e. The molecule has 1 aliphatic rings. The Balaban J connectivity index is 2.14. The van der Waals surface area contributed by atoms with E-state index in [0.29, 0.717) is 31.0 Å². The van der Waals surface area contributed by atoms with Crippen molar-refractivity contribution in [2.45, 2.75) is 19.4 Å². The van der Waals surface area contributed by atoms with Gasteiger partial charge in [-0.15, -0.1) is 0 Å². The number of carbonyl (C=O) groups is 1. The molecule has 4 heteroatoms. The maximum atomic E-state index is 12.2. The maximum absolute atomic E-state index is 12.2. The zero-order chi connectivity index (χ0) is 12.5. The number of rotatable bonds is 3. The minimum Gasteiger partial charge on any atom is -0.493 e. The van der Waals surface area contributed by atoms with Crippen LogP contribution in [0, 0.1) is 0 Å². The van der Waals surface area contributed by atoms with Crippen LogP contribution in [0.2, 0.25) is 0 Å². The summed E-state index contributed by atoms with van der Waals surface area (Å²) in [7, 11) is 0. The van der Waals surface area contributed by atoms with Crippen LogP contribution in [0.5, 0.6) is 5.75 Å². The SMILES string of the molecule is CCOc1ccccc1C(=O)N1CC(C)(N)C1. The van der Waals surface area contributed by atoms with Crippen LogP contribution in [0.4, 0.5) is 0 Å². The number of likely N-dealkylation sites (tertiary alicyclic amines) is 1. The van der Waals surface area contributed by atoms with Crippen molar-refractivity contribution in [1.82, 2.24) is 4.90 Å². The third-order valence-electron chi connectivity index (χ3n) is 2.81. The number of hydrogen-bond donors (Lipinski definition) is 1. The van der Waals surface area contributed by atoms with E-state index in [1.165, 1.54) is 0 Å². The lowest BCUT2D eigenvalue weighted by molar-refractivity contribution is 0.0450. The highest BCUT2D eigenvalue weighted by Gasteiger charge is 2.38. The molecule has 4 nitrogen and oxygen atoms in total. The van der Waals surface area contributed by atoms with Crippen molar-refractivity contribution in [3.8, 4) is 5.75 Å². The third kappa shape index (κ3) is 2.42. The lowest BCUT2D eigenvalue weighted by Gasteiger charge is -2.45. The highest BCUT2D eigenvalue weighted by atomic mass is 16.5. The Bertz CT molecular complexity index is 421. The van der Waals surface area contributed by atoms with E-state index < -0.39 is 0 Å². The van der Waals surface area contributed by atoms with E-state index in [1.54, 1.807) is 11.0 Å². The number of para-hydroxylation sites is 1. The highest BCUT2D eigenvalue weighted by Crippen LogP contribution is 2.25. The summed E-state index contributed by atoms with van der Waals surface area (Å²) in [4.78, 5) is 13.9. The van der Waals surface area contributed by atoms with Gasteiger partial charge < -0.3 is 15.4 Å². The first kappa shape index (κ1) is 11.9. The van der Waals surface area contributed by atoms with E-state index in [0.717, 1.165) is 0 Å². The van der Waals surface area contributed by atoms with Crippen LogP contribution in [0.25, 0.3) is 0 Å². The molecule has 1 fully saturated rings. The van der Waals surface area contributed by atoms with Crippen LogP contribution in [0.3, 0.4) is 0 Å². The van der Waals surface area contributed by atoms with Gasteiger partial charge in [-0.3, -0.25) is 4.79 Å². The first-order chi connectivity index (χ1) is 8.03. The van der Waals surface area contributed by atoms with Crippen molar-refractivity contribution in [3.05, 3.63) is 29.8 Å². The number of nitrogens with two attached hydrogens (primary N) is 1. The van der Waals surface area contributed by atoms with Crippen LogP contribution in [-0.2, 0) is 0 Å². The summed E-state index contributed by atoms with van der Waals surface area (Å²) in [5.41, 5.74) is 6.28. The Labute approximate surface area is 101 Å². The van der Waals surface area contributed by atoms with Gasteiger partial charge in [-0.05, 0) is 26.0 Å². The summed E-state index contributed by atoms with van der Waals surface area (Å²) >= 11 is 0. The van der Waals surface area contributed by atoms with Crippen LogP contribution >= 0.6 is 0 Å². The van der Waals surface area contributed by atoms with E-state index in [-0.39, 0.29) is 11.4 Å².